The van der Waals surface area contributed by atoms with Crippen LogP contribution < -0.4 is 0 Å². The summed E-state index contributed by atoms with van der Waals surface area (Å²) in [6, 6.07) is 0. The van der Waals surface area contributed by atoms with Crippen molar-refractivity contribution in [2.75, 3.05) is 39.6 Å². The zero-order chi connectivity index (χ0) is 61.1. The highest BCUT2D eigenvalue weighted by atomic mass is 16.8. The van der Waals surface area contributed by atoms with E-state index in [-0.39, 0.29) is 52.4 Å². The first-order chi connectivity index (χ1) is 40.3. The second kappa shape index (κ2) is 25.4. The zero-order valence-electron chi connectivity index (χ0n) is 48.1. The van der Waals surface area contributed by atoms with Crippen molar-refractivity contribution in [3.8, 4) is 0 Å². The van der Waals surface area contributed by atoms with Crippen LogP contribution in [0.1, 0.15) is 79.1 Å². The summed E-state index contributed by atoms with van der Waals surface area (Å²) < 4.78 is 72.8. The van der Waals surface area contributed by atoms with E-state index in [0.717, 1.165) is 38.5 Å². The van der Waals surface area contributed by atoms with E-state index < -0.39 is 205 Å². The molecular formula is C56H92O29. The molecular weight excluding hydrogens is 1140 g/mol. The number of rotatable bonds is 14. The Bertz CT molecular complexity index is 2220. The fraction of sp³-hybridized carbons (Fsp3) is 1.00. The first-order valence-electron chi connectivity index (χ1n) is 30.5. The third-order valence-corrected chi connectivity index (χ3v) is 22.2. The van der Waals surface area contributed by atoms with Crippen LogP contribution in [0.3, 0.4) is 0 Å². The van der Waals surface area contributed by atoms with Gasteiger partial charge in [-0.1, -0.05) is 27.7 Å². The molecule has 7 aliphatic heterocycles. The monoisotopic (exact) mass is 1230 g/mol. The molecule has 29 heteroatoms. The summed E-state index contributed by atoms with van der Waals surface area (Å²) >= 11 is 0. The van der Waals surface area contributed by atoms with Gasteiger partial charge in [-0.3, -0.25) is 0 Å². The Labute approximate surface area is 491 Å². The van der Waals surface area contributed by atoms with Crippen LogP contribution in [0.4, 0.5) is 0 Å². The first kappa shape index (κ1) is 65.3. The number of ether oxygens (including phenoxy) is 12. The molecule has 17 N–H and O–H groups in total. The maximum Gasteiger partial charge on any atom is 0.187 e. The largest absolute Gasteiger partial charge is 0.394 e. The van der Waals surface area contributed by atoms with Gasteiger partial charge in [-0.15, -0.1) is 0 Å². The van der Waals surface area contributed by atoms with Crippen molar-refractivity contribution in [2.45, 2.75) is 257 Å². The Hall–Kier alpha value is -1.16. The first-order valence-corrected chi connectivity index (χ1v) is 30.5. The van der Waals surface area contributed by atoms with E-state index in [4.69, 9.17) is 56.8 Å². The quantitative estimate of drug-likeness (QED) is 0.0719. The molecule has 11 fully saturated rings. The molecule has 85 heavy (non-hydrogen) atoms. The van der Waals surface area contributed by atoms with E-state index in [2.05, 4.69) is 27.7 Å². The fourth-order valence-corrected chi connectivity index (χ4v) is 17.4. The second-order valence-electron chi connectivity index (χ2n) is 26.9. The molecule has 0 bridgehead atoms. The highest BCUT2D eigenvalue weighted by molar-refractivity contribution is 5.19. The Kier molecular flexibility index (Phi) is 19.5. The molecule has 38 atom stereocenters. The van der Waals surface area contributed by atoms with E-state index in [9.17, 15) is 86.8 Å². The molecule has 0 aromatic heterocycles. The predicted molar refractivity (Wildman–Crippen MR) is 278 cm³/mol. The van der Waals surface area contributed by atoms with E-state index in [0.29, 0.717) is 25.4 Å². The molecule has 29 nitrogen and oxygen atoms in total. The van der Waals surface area contributed by atoms with Gasteiger partial charge in [0.2, 0.25) is 0 Å². The summed E-state index contributed by atoms with van der Waals surface area (Å²) in [5.41, 5.74) is -0.531. The van der Waals surface area contributed by atoms with Crippen LogP contribution in [0, 0.1) is 52.3 Å². The lowest BCUT2D eigenvalue weighted by molar-refractivity contribution is -0.410. The summed E-state index contributed by atoms with van der Waals surface area (Å²) in [5, 5.41) is 188. The summed E-state index contributed by atoms with van der Waals surface area (Å²) in [6.07, 6.45) is -42.5. The van der Waals surface area contributed by atoms with Crippen molar-refractivity contribution in [3.05, 3.63) is 0 Å². The van der Waals surface area contributed by atoms with Crippen molar-refractivity contribution in [2.24, 2.45) is 52.3 Å². The zero-order valence-corrected chi connectivity index (χ0v) is 48.1. The smallest absolute Gasteiger partial charge is 0.187 e. The molecule has 1 spiro atoms. The van der Waals surface area contributed by atoms with Gasteiger partial charge in [0.05, 0.1) is 64.1 Å². The molecule has 490 valence electrons. The highest BCUT2D eigenvalue weighted by Gasteiger charge is 2.73. The molecule has 11 rings (SSSR count). The maximum atomic E-state index is 12.3. The lowest BCUT2D eigenvalue weighted by atomic mass is 9.44. The van der Waals surface area contributed by atoms with Crippen molar-refractivity contribution in [1.29, 1.82) is 0 Å². The van der Waals surface area contributed by atoms with Crippen LogP contribution in [0.5, 0.6) is 0 Å². The van der Waals surface area contributed by atoms with Gasteiger partial charge in [-0.2, -0.15) is 0 Å². The molecule has 4 saturated carbocycles. The van der Waals surface area contributed by atoms with Gasteiger partial charge in [-0.05, 0) is 85.4 Å². The number of hydrogen-bond acceptors (Lipinski definition) is 29. The Morgan fingerprint density at radius 3 is 1.67 bits per heavy atom. The minimum atomic E-state index is -2.21. The molecule has 0 aromatic carbocycles. The van der Waals surface area contributed by atoms with E-state index >= 15 is 0 Å². The lowest BCUT2D eigenvalue weighted by Crippen LogP contribution is -2.69. The van der Waals surface area contributed by atoms with Crippen molar-refractivity contribution in [1.82, 2.24) is 0 Å². The van der Waals surface area contributed by atoms with E-state index in [1.165, 1.54) is 0 Å². The van der Waals surface area contributed by atoms with Crippen LogP contribution in [-0.4, -0.2) is 304 Å². The molecule has 0 aromatic rings. The van der Waals surface area contributed by atoms with Gasteiger partial charge in [0.25, 0.3) is 0 Å². The third kappa shape index (κ3) is 11.3. The highest BCUT2D eigenvalue weighted by Crippen LogP contribution is 2.71. The van der Waals surface area contributed by atoms with Gasteiger partial charge in [0, 0.05) is 18.3 Å². The number of aliphatic hydroxyl groups is 17. The van der Waals surface area contributed by atoms with Crippen molar-refractivity contribution < 1.29 is 144 Å². The Morgan fingerprint density at radius 1 is 0.447 bits per heavy atom. The Balaban J connectivity index is 0.797. The molecule has 7 heterocycles. The van der Waals surface area contributed by atoms with E-state index in [1.54, 1.807) is 0 Å². The third-order valence-electron chi connectivity index (χ3n) is 22.2. The molecule has 11 aliphatic rings. The number of aliphatic hydroxyl groups excluding tert-OH is 17. The molecule has 7 saturated heterocycles. The van der Waals surface area contributed by atoms with Gasteiger partial charge >= 0.3 is 0 Å². The van der Waals surface area contributed by atoms with Crippen LogP contribution in [-0.2, 0) is 56.8 Å². The average molecular weight is 1230 g/mol. The molecule has 4 aliphatic carbocycles. The minimum absolute atomic E-state index is 0.00749. The predicted octanol–water partition coefficient (Wildman–Crippen LogP) is -6.50. The second-order valence-corrected chi connectivity index (χ2v) is 26.9. The summed E-state index contributed by atoms with van der Waals surface area (Å²) in [5.74, 6) is 0.388. The molecule has 3 unspecified atom stereocenters. The lowest BCUT2D eigenvalue weighted by Gasteiger charge is -2.62. The topological polar surface area (TPSA) is 455 Å². The van der Waals surface area contributed by atoms with Gasteiger partial charge < -0.3 is 144 Å². The normalized spacial score (nSPS) is 58.1. The van der Waals surface area contributed by atoms with Gasteiger partial charge in [-0.25, -0.2) is 0 Å². The van der Waals surface area contributed by atoms with Gasteiger partial charge in [0.1, 0.15) is 116 Å². The van der Waals surface area contributed by atoms with E-state index in [1.807, 2.05) is 0 Å². The minimum Gasteiger partial charge on any atom is -0.394 e. The number of fused-ring (bicyclic) bond motifs is 7. The number of hydrogen-bond donors (Lipinski definition) is 17. The molecule has 0 amide bonds. The standard InChI is InChI=1S/C56H92O29/c1-19-7-10-56(75-17-19)20(2)31-45(85-56)37(67)32-22-6-5-21-11-26(24(61)12-55(21,4)23(22)8-9-54(31,32)3)76-50-42(72)39(69)44(30(16-60)80-50)81-53-48(47(36(66)29(15-59)79-53)83-49-40(70)33(63)25(62)18-74-49)84-52-43(73)46(35(65)28(14-58)78-52)82-51-41(71)38(68)34(64)27(13-57)77-51/h19-53,57-73H,5-18H2,1-4H3/t19-,20+,21+,22-,23+,24-,25-,26-,27-,28-,29-,30-,31+,32?,33+,34-,35+,36-,37?,38+,39-,40-,41-,42-,43-,44+,45-,46+,47+,48-,49+,50-,51+,52+,53+,54-,55?,56-/m1/s1. The fourth-order valence-electron chi connectivity index (χ4n) is 17.4. The van der Waals surface area contributed by atoms with Crippen molar-refractivity contribution in [3.63, 3.8) is 0 Å². The van der Waals surface area contributed by atoms with Crippen LogP contribution in [0.25, 0.3) is 0 Å². The van der Waals surface area contributed by atoms with Crippen molar-refractivity contribution >= 4 is 0 Å². The Morgan fingerprint density at radius 2 is 1.01 bits per heavy atom. The van der Waals surface area contributed by atoms with Crippen LogP contribution >= 0.6 is 0 Å². The molecule has 0 radical (unpaired) electrons. The summed E-state index contributed by atoms with van der Waals surface area (Å²) in [6.45, 7) is 5.21. The SMILES string of the molecule is C[C@@H]1CC[C@@]2(OC1)O[C@H]1C(O)C3[C@@H]4CC[C@H]5C[C@@H](O[C@@H]6O[C@H](CO)[C@H](O[C@@H]7O[C@H](CO)[C@@H](O)[C@H](O[C@@H]8OC[C@@H](O)[C@H](O)[C@H]8O)[C@H]7O[C@@H]7O[C@H](CO)[C@H](O)[C@H](O[C@@H]8O[C@H](CO)[C@@H](O)[C@H](O)[C@H]8O)[C@H]7O)[C@H](O)[C@H]6O)[C@H](O)CC5(C)[C@H]4CC[C@]3(C)[C@H]1[C@@H]2C. The van der Waals surface area contributed by atoms with Crippen LogP contribution in [0.15, 0.2) is 0 Å². The summed E-state index contributed by atoms with van der Waals surface area (Å²) in [4.78, 5) is 0. The van der Waals surface area contributed by atoms with Crippen LogP contribution in [0.2, 0.25) is 0 Å². The maximum absolute atomic E-state index is 12.3. The van der Waals surface area contributed by atoms with Gasteiger partial charge in [0.15, 0.2) is 37.2 Å². The average Bonchev–Trinajstić information content (AvgIpc) is 1.59. The summed E-state index contributed by atoms with van der Waals surface area (Å²) in [7, 11) is 0.